The van der Waals surface area contributed by atoms with E-state index in [4.69, 9.17) is 27.0 Å². The summed E-state index contributed by atoms with van der Waals surface area (Å²) in [5.41, 5.74) is -3.42. The second-order valence-corrected chi connectivity index (χ2v) is 31.9. The lowest BCUT2D eigenvalue weighted by Gasteiger charge is -2.62. The van der Waals surface area contributed by atoms with Gasteiger partial charge in [0.2, 0.25) is 5.91 Å². The molecule has 2 aromatic rings. The minimum absolute atomic E-state index is 0.0106. The van der Waals surface area contributed by atoms with Crippen LogP contribution in [0.1, 0.15) is 98.5 Å². The topological polar surface area (TPSA) is 130 Å². The van der Waals surface area contributed by atoms with Crippen LogP contribution < -0.4 is 0 Å². The first-order valence-electron chi connectivity index (χ1n) is 19.7. The number of ketones is 1. The largest absolute Gasteiger partial charge is 0.459 e. The third kappa shape index (κ3) is 7.51. The Labute approximate surface area is 330 Å². The Morgan fingerprint density at radius 3 is 1.82 bits per heavy atom. The first-order valence-corrected chi connectivity index (χ1v) is 26.6. The predicted molar refractivity (Wildman–Crippen MR) is 217 cm³/mol. The van der Waals surface area contributed by atoms with Crippen molar-refractivity contribution in [3.63, 3.8) is 0 Å². The van der Waals surface area contributed by atoms with E-state index in [1.54, 1.807) is 30.3 Å². The van der Waals surface area contributed by atoms with Crippen molar-refractivity contribution in [1.82, 2.24) is 5.06 Å². The van der Waals surface area contributed by atoms with Crippen LogP contribution in [0.4, 0.5) is 0 Å². The number of β-lactam (4-membered cyclic amide) rings is 1. The van der Waals surface area contributed by atoms with Crippen molar-refractivity contribution >= 4 is 43.1 Å². The van der Waals surface area contributed by atoms with Crippen molar-refractivity contribution in [1.29, 1.82) is 0 Å². The van der Waals surface area contributed by atoms with E-state index in [0.29, 0.717) is 0 Å². The lowest BCUT2D eigenvalue weighted by molar-refractivity contribution is -0.303. The van der Waals surface area contributed by atoms with Gasteiger partial charge >= 0.3 is 23.1 Å². The highest BCUT2D eigenvalue weighted by molar-refractivity contribution is 6.84. The number of Topliss-reactive ketones (excluding diaryl/α,β-unsaturated/α-hetero) is 1. The molecule has 1 N–H and O–H groups in total. The fraction of sp³-hybridized carbons (Fsp3) is 0.634. The fourth-order valence-electron chi connectivity index (χ4n) is 8.06. The summed E-state index contributed by atoms with van der Waals surface area (Å²) in [6.45, 7) is 26.0. The van der Waals surface area contributed by atoms with Crippen LogP contribution in [0.3, 0.4) is 0 Å². The molecular formula is C41H63NO10Si3. The number of hydroxylamine groups is 2. The highest BCUT2D eigenvalue weighted by Crippen LogP contribution is 2.57. The van der Waals surface area contributed by atoms with Crippen molar-refractivity contribution in [2.75, 3.05) is 6.61 Å². The van der Waals surface area contributed by atoms with E-state index in [2.05, 4.69) is 55.4 Å². The second kappa shape index (κ2) is 15.7. The molecule has 0 radical (unpaired) electrons. The summed E-state index contributed by atoms with van der Waals surface area (Å²) < 4.78 is 35.4. The van der Waals surface area contributed by atoms with Gasteiger partial charge in [-0.1, -0.05) is 125 Å². The van der Waals surface area contributed by atoms with Crippen LogP contribution in [0.15, 0.2) is 60.7 Å². The summed E-state index contributed by atoms with van der Waals surface area (Å²) in [7, 11) is -9.74. The van der Waals surface area contributed by atoms with Crippen molar-refractivity contribution in [2.24, 2.45) is 0 Å². The van der Waals surface area contributed by atoms with E-state index in [1.807, 2.05) is 64.2 Å². The number of amides is 1. The molecule has 14 heteroatoms. The molecule has 2 saturated heterocycles. The first kappa shape index (κ1) is 43.6. The number of ether oxygens (including phenoxy) is 1. The van der Waals surface area contributed by atoms with Gasteiger partial charge in [-0.25, -0.2) is 9.86 Å². The second-order valence-electron chi connectivity index (χ2n) is 18.3. The van der Waals surface area contributed by atoms with Gasteiger partial charge in [-0.05, 0) is 58.0 Å². The molecule has 2 aliphatic heterocycles. The molecule has 3 aliphatic rings. The first-order chi connectivity index (χ1) is 25.5. The maximum absolute atomic E-state index is 15.8. The lowest BCUT2D eigenvalue weighted by Crippen LogP contribution is -2.86. The monoisotopic (exact) mass is 813 g/mol. The quantitative estimate of drug-likeness (QED) is 0.128. The van der Waals surface area contributed by atoms with Gasteiger partial charge in [-0.3, -0.25) is 14.4 Å². The molecule has 11 nitrogen and oxygen atoms in total. The number of carbonyl (C=O) groups excluding carboxylic acids is 3. The summed E-state index contributed by atoms with van der Waals surface area (Å²) in [6.07, 6.45) is -4.42. The molecule has 0 unspecified atom stereocenters. The number of hydrogen-bond acceptors (Lipinski definition) is 10. The van der Waals surface area contributed by atoms with Crippen LogP contribution in [0.2, 0.25) is 40.3 Å². The Bertz CT molecular complexity index is 1680. The van der Waals surface area contributed by atoms with Crippen molar-refractivity contribution < 1.29 is 46.5 Å². The van der Waals surface area contributed by atoms with Crippen LogP contribution in [0.25, 0.3) is 0 Å². The van der Waals surface area contributed by atoms with Crippen molar-refractivity contribution in [3.05, 3.63) is 71.8 Å². The molecule has 1 saturated carbocycles. The van der Waals surface area contributed by atoms with Crippen LogP contribution in [-0.2, 0) is 43.2 Å². The molecule has 1 amide bonds. The highest BCUT2D eigenvalue weighted by Gasteiger charge is 2.79. The molecule has 55 heavy (non-hydrogen) atoms. The lowest BCUT2D eigenvalue weighted by atomic mass is 9.63. The van der Waals surface area contributed by atoms with E-state index in [1.165, 1.54) is 0 Å². The van der Waals surface area contributed by atoms with Crippen molar-refractivity contribution in [2.45, 2.75) is 159 Å². The Balaban J connectivity index is 1.79. The normalized spacial score (nSPS) is 28.1. The van der Waals surface area contributed by atoms with E-state index in [0.717, 1.165) is 10.6 Å². The SMILES string of the molecule is CC(C)[Si]1(C(C)C)O[C@@H]2[C@H](O[Si](C(C)C)(C(C)C)O1)[C@](O)(COC(=O)c1ccccc1)[C@H](O[Si](C)(C)C(C)(C)C)C(=O)[C@]21CC(=O)N1OCc1ccccc1. The standard InChI is InChI=1S/C41H63NO10Si3/c1-27(2)54(28(3)4)50-36-37(51-55(52-54,29(5)6)30(7)8)41(46,26-47-38(45)32-22-18-15-19-23-32)35(49-53(12,13)39(9,10)11)34(44)40(36)24-33(43)42(40)48-25-31-20-16-14-17-21-31/h14-23,27-30,35-37,46H,24-26H2,1-13H3/t35-,36-,37+,40-,41+/m1/s1. The van der Waals surface area contributed by atoms with E-state index in [9.17, 15) is 14.7 Å². The minimum Gasteiger partial charge on any atom is -0.459 e. The Morgan fingerprint density at radius 1 is 0.855 bits per heavy atom. The summed E-state index contributed by atoms with van der Waals surface area (Å²) >= 11 is 0. The van der Waals surface area contributed by atoms with Crippen molar-refractivity contribution in [3.8, 4) is 0 Å². The zero-order valence-electron chi connectivity index (χ0n) is 35.0. The summed E-state index contributed by atoms with van der Waals surface area (Å²) in [4.78, 5) is 49.6. The number of rotatable bonds is 12. The molecule has 0 bridgehead atoms. The average molecular weight is 814 g/mol. The number of nitrogens with zero attached hydrogens (tertiary/aromatic N) is 1. The average Bonchev–Trinajstić information content (AvgIpc) is 3.29. The number of esters is 1. The maximum atomic E-state index is 15.8. The number of hydrogen-bond donors (Lipinski definition) is 1. The molecular weight excluding hydrogens is 751 g/mol. The zero-order chi connectivity index (χ0) is 40.9. The van der Waals surface area contributed by atoms with Gasteiger partial charge in [-0.2, -0.15) is 0 Å². The highest BCUT2D eigenvalue weighted by atomic mass is 28.5. The van der Waals surface area contributed by atoms with Crippen LogP contribution in [0.5, 0.6) is 0 Å². The minimum atomic E-state index is -3.44. The number of benzene rings is 2. The molecule has 0 aromatic heterocycles. The van der Waals surface area contributed by atoms with Gasteiger partial charge < -0.3 is 27.2 Å². The van der Waals surface area contributed by atoms with Crippen LogP contribution in [0, 0.1) is 0 Å². The van der Waals surface area contributed by atoms with Gasteiger partial charge in [-0.15, -0.1) is 0 Å². The predicted octanol–water partition coefficient (Wildman–Crippen LogP) is 7.98. The third-order valence-electron chi connectivity index (χ3n) is 12.4. The molecule has 5 rings (SSSR count). The molecule has 1 aliphatic carbocycles. The molecule has 304 valence electrons. The maximum Gasteiger partial charge on any atom is 0.338 e. The van der Waals surface area contributed by atoms with Gasteiger partial charge in [0.1, 0.15) is 31.5 Å². The summed E-state index contributed by atoms with van der Waals surface area (Å²) in [5.74, 6) is -1.65. The van der Waals surface area contributed by atoms with Gasteiger partial charge in [0.25, 0.3) is 0 Å². The van der Waals surface area contributed by atoms with Crippen LogP contribution in [-0.4, -0.2) is 89.3 Å². The number of carbonyl (C=O) groups is 3. The van der Waals surface area contributed by atoms with E-state index in [-0.39, 0.29) is 40.8 Å². The van der Waals surface area contributed by atoms with Gasteiger partial charge in [0.05, 0.1) is 12.0 Å². The van der Waals surface area contributed by atoms with Crippen LogP contribution >= 0.6 is 0 Å². The molecule has 5 atom stereocenters. The number of aliphatic hydroxyl groups is 1. The smallest absolute Gasteiger partial charge is 0.338 e. The number of fused-ring (bicyclic) bond motifs is 2. The molecule has 2 aromatic carbocycles. The Kier molecular flexibility index (Phi) is 12.4. The fourth-order valence-corrected chi connectivity index (χ4v) is 20.7. The molecule has 1 spiro atoms. The zero-order valence-corrected chi connectivity index (χ0v) is 38.0. The Morgan fingerprint density at radius 2 is 1.35 bits per heavy atom. The summed E-state index contributed by atoms with van der Waals surface area (Å²) in [6, 6.07) is 17.9. The Hall–Kier alpha value is -2.54. The van der Waals surface area contributed by atoms with Gasteiger partial charge in [0.15, 0.2) is 25.2 Å². The third-order valence-corrected chi connectivity index (χ3v) is 27.1. The van der Waals surface area contributed by atoms with Gasteiger partial charge in [0, 0.05) is 0 Å². The molecule has 3 fully saturated rings. The summed E-state index contributed by atoms with van der Waals surface area (Å²) in [5, 5.41) is 14.3. The van der Waals surface area contributed by atoms with E-state index >= 15 is 4.79 Å². The van der Waals surface area contributed by atoms with E-state index < -0.39 is 84.2 Å². The molecule has 2 heterocycles.